The van der Waals surface area contributed by atoms with Crippen LogP contribution in [-0.4, -0.2) is 55.8 Å². The molecule has 2 aliphatic heterocycles. The second kappa shape index (κ2) is 7.03. The van der Waals surface area contributed by atoms with Gasteiger partial charge in [0.05, 0.1) is 17.2 Å². The number of hydrogen-bond acceptors (Lipinski definition) is 5. The average molecular weight is 366 g/mol. The van der Waals surface area contributed by atoms with Crippen molar-refractivity contribution < 1.29 is 22.7 Å². The van der Waals surface area contributed by atoms with E-state index in [2.05, 4.69) is 5.32 Å². The summed E-state index contributed by atoms with van der Waals surface area (Å²) in [4.78, 5) is 25.6. The number of benzene rings is 1. The Morgan fingerprint density at radius 1 is 1.40 bits per heavy atom. The molecule has 1 unspecified atom stereocenters. The van der Waals surface area contributed by atoms with E-state index in [9.17, 15) is 18.0 Å². The predicted octanol–water partition coefficient (Wildman–Crippen LogP) is 0.986. The van der Waals surface area contributed by atoms with Crippen molar-refractivity contribution in [1.82, 2.24) is 4.90 Å². The Kier molecular flexibility index (Phi) is 4.99. The molecule has 1 fully saturated rings. The normalized spacial score (nSPS) is 21.2. The molecule has 1 saturated heterocycles. The highest BCUT2D eigenvalue weighted by atomic mass is 32.2. The second-order valence-electron chi connectivity index (χ2n) is 6.40. The van der Waals surface area contributed by atoms with Gasteiger partial charge in [-0.25, -0.2) is 8.42 Å². The zero-order chi connectivity index (χ0) is 18.0. The third-order valence-electron chi connectivity index (χ3n) is 4.61. The Morgan fingerprint density at radius 2 is 2.20 bits per heavy atom. The standard InChI is InChI=1S/C17H22N2O5S/c1-2-19(13-7-8-25(22,23)11-13)17(21)6-4-12-3-5-15-14(9-12)18-16(20)10-24-15/h3,5,9,13H,2,4,6-8,10-11H2,1H3,(H,18,20). The number of carbonyl (C=O) groups excluding carboxylic acids is 2. The largest absolute Gasteiger partial charge is 0.482 e. The predicted molar refractivity (Wildman–Crippen MR) is 93.3 cm³/mol. The van der Waals surface area contributed by atoms with Crippen LogP contribution in [0.2, 0.25) is 0 Å². The summed E-state index contributed by atoms with van der Waals surface area (Å²) in [6.07, 6.45) is 1.35. The third-order valence-corrected chi connectivity index (χ3v) is 6.36. The van der Waals surface area contributed by atoms with Gasteiger partial charge in [0.1, 0.15) is 5.75 Å². The van der Waals surface area contributed by atoms with Crippen LogP contribution in [0.5, 0.6) is 5.75 Å². The highest BCUT2D eigenvalue weighted by molar-refractivity contribution is 7.91. The van der Waals surface area contributed by atoms with Crippen LogP contribution in [0.1, 0.15) is 25.3 Å². The lowest BCUT2D eigenvalue weighted by Gasteiger charge is -2.27. The maximum absolute atomic E-state index is 12.5. The minimum absolute atomic E-state index is 0.0145. The molecule has 3 rings (SSSR count). The van der Waals surface area contributed by atoms with E-state index in [1.165, 1.54) is 0 Å². The molecule has 1 aromatic rings. The van der Waals surface area contributed by atoms with Gasteiger partial charge in [0, 0.05) is 19.0 Å². The Bertz CT molecular complexity index is 790. The fourth-order valence-electron chi connectivity index (χ4n) is 3.34. The van der Waals surface area contributed by atoms with E-state index in [4.69, 9.17) is 4.74 Å². The number of rotatable bonds is 5. The summed E-state index contributed by atoms with van der Waals surface area (Å²) in [6, 6.07) is 5.27. The van der Waals surface area contributed by atoms with E-state index in [1.807, 2.05) is 19.1 Å². The number of amides is 2. The molecule has 25 heavy (non-hydrogen) atoms. The molecule has 0 radical (unpaired) electrons. The van der Waals surface area contributed by atoms with Gasteiger partial charge in [0.25, 0.3) is 5.91 Å². The zero-order valence-corrected chi connectivity index (χ0v) is 15.0. The smallest absolute Gasteiger partial charge is 0.262 e. The highest BCUT2D eigenvalue weighted by Crippen LogP contribution is 2.29. The van der Waals surface area contributed by atoms with E-state index in [-0.39, 0.29) is 36.0 Å². The zero-order valence-electron chi connectivity index (χ0n) is 14.2. The second-order valence-corrected chi connectivity index (χ2v) is 8.63. The first-order valence-electron chi connectivity index (χ1n) is 8.43. The molecule has 0 saturated carbocycles. The van der Waals surface area contributed by atoms with E-state index in [0.29, 0.717) is 37.2 Å². The minimum atomic E-state index is -3.01. The number of fused-ring (bicyclic) bond motifs is 1. The van der Waals surface area contributed by atoms with E-state index < -0.39 is 9.84 Å². The van der Waals surface area contributed by atoms with Gasteiger partial charge in [-0.15, -0.1) is 0 Å². The van der Waals surface area contributed by atoms with Gasteiger partial charge in [-0.3, -0.25) is 9.59 Å². The number of carbonyl (C=O) groups is 2. The Balaban J connectivity index is 1.61. The number of nitrogens with one attached hydrogen (secondary N) is 1. The van der Waals surface area contributed by atoms with Gasteiger partial charge >= 0.3 is 0 Å². The van der Waals surface area contributed by atoms with Crippen LogP contribution in [0.3, 0.4) is 0 Å². The van der Waals surface area contributed by atoms with E-state index >= 15 is 0 Å². The minimum Gasteiger partial charge on any atom is -0.482 e. The molecule has 8 heteroatoms. The Labute approximate surface area is 147 Å². The first-order valence-corrected chi connectivity index (χ1v) is 10.3. The maximum Gasteiger partial charge on any atom is 0.262 e. The molecule has 136 valence electrons. The molecule has 0 spiro atoms. The first kappa shape index (κ1) is 17.7. The van der Waals surface area contributed by atoms with E-state index in [0.717, 1.165) is 5.56 Å². The Morgan fingerprint density at radius 3 is 2.88 bits per heavy atom. The van der Waals surface area contributed by atoms with Crippen molar-refractivity contribution in [3.8, 4) is 5.75 Å². The van der Waals surface area contributed by atoms with Gasteiger partial charge in [-0.2, -0.15) is 0 Å². The van der Waals surface area contributed by atoms with Gasteiger partial charge < -0.3 is 15.0 Å². The summed E-state index contributed by atoms with van der Waals surface area (Å²) in [7, 11) is -3.01. The molecule has 1 aromatic carbocycles. The van der Waals surface area contributed by atoms with Crippen molar-refractivity contribution in [2.75, 3.05) is 30.0 Å². The lowest BCUT2D eigenvalue weighted by atomic mass is 10.1. The quantitative estimate of drug-likeness (QED) is 0.839. The number of hydrogen-bond donors (Lipinski definition) is 1. The van der Waals surface area contributed by atoms with Crippen molar-refractivity contribution in [3.05, 3.63) is 23.8 Å². The van der Waals surface area contributed by atoms with Crippen molar-refractivity contribution in [1.29, 1.82) is 0 Å². The molecule has 0 bridgehead atoms. The van der Waals surface area contributed by atoms with Gasteiger partial charge in [-0.05, 0) is 37.5 Å². The fraction of sp³-hybridized carbons (Fsp3) is 0.529. The van der Waals surface area contributed by atoms with Crippen LogP contribution in [0.4, 0.5) is 5.69 Å². The fourth-order valence-corrected chi connectivity index (χ4v) is 5.07. The van der Waals surface area contributed by atoms with Crippen molar-refractivity contribution in [2.24, 2.45) is 0 Å². The van der Waals surface area contributed by atoms with Crippen LogP contribution in [-0.2, 0) is 25.8 Å². The van der Waals surface area contributed by atoms with E-state index in [1.54, 1.807) is 11.0 Å². The molecule has 1 N–H and O–H groups in total. The van der Waals surface area contributed by atoms with Crippen LogP contribution in [0.25, 0.3) is 0 Å². The third kappa shape index (κ3) is 4.12. The molecule has 2 amide bonds. The summed E-state index contributed by atoms with van der Waals surface area (Å²) in [6.45, 7) is 2.39. The lowest BCUT2D eigenvalue weighted by molar-refractivity contribution is -0.132. The maximum atomic E-state index is 12.5. The van der Waals surface area contributed by atoms with Gasteiger partial charge in [0.2, 0.25) is 5.91 Å². The average Bonchev–Trinajstić information content (AvgIpc) is 2.93. The Hall–Kier alpha value is -2.09. The number of anilines is 1. The van der Waals surface area contributed by atoms with Crippen molar-refractivity contribution in [2.45, 2.75) is 32.2 Å². The number of nitrogens with zero attached hydrogens (tertiary/aromatic N) is 1. The molecule has 7 nitrogen and oxygen atoms in total. The first-order chi connectivity index (χ1) is 11.9. The molecule has 0 aliphatic carbocycles. The van der Waals surface area contributed by atoms with Crippen LogP contribution in [0, 0.1) is 0 Å². The van der Waals surface area contributed by atoms with Crippen LogP contribution in [0.15, 0.2) is 18.2 Å². The number of sulfone groups is 1. The summed E-state index contributed by atoms with van der Waals surface area (Å²) < 4.78 is 28.6. The number of ether oxygens (including phenoxy) is 1. The van der Waals surface area contributed by atoms with Crippen molar-refractivity contribution in [3.63, 3.8) is 0 Å². The summed E-state index contributed by atoms with van der Waals surface area (Å²) >= 11 is 0. The van der Waals surface area contributed by atoms with Gasteiger partial charge in [-0.1, -0.05) is 6.07 Å². The summed E-state index contributed by atoms with van der Waals surface area (Å²) in [5, 5.41) is 2.75. The van der Waals surface area contributed by atoms with Crippen LogP contribution >= 0.6 is 0 Å². The summed E-state index contributed by atoms with van der Waals surface area (Å²) in [5.74, 6) is 0.616. The lowest BCUT2D eigenvalue weighted by Crippen LogP contribution is -2.41. The topological polar surface area (TPSA) is 92.8 Å². The summed E-state index contributed by atoms with van der Waals surface area (Å²) in [5.41, 5.74) is 1.54. The highest BCUT2D eigenvalue weighted by Gasteiger charge is 2.33. The molecular formula is C17H22N2O5S. The molecule has 1 atom stereocenters. The number of aryl methyl sites for hydroxylation is 1. The monoisotopic (exact) mass is 366 g/mol. The van der Waals surface area contributed by atoms with Crippen molar-refractivity contribution >= 4 is 27.3 Å². The molecular weight excluding hydrogens is 344 g/mol. The van der Waals surface area contributed by atoms with Gasteiger partial charge in [0.15, 0.2) is 16.4 Å². The molecule has 2 aliphatic rings. The van der Waals surface area contributed by atoms with Crippen LogP contribution < -0.4 is 10.1 Å². The molecule has 0 aromatic heterocycles. The molecule has 2 heterocycles. The SMILES string of the molecule is CCN(C(=O)CCc1ccc2c(c1)NC(=O)CO2)C1CCS(=O)(=O)C1.